The highest BCUT2D eigenvalue weighted by Gasteiger charge is 2.34. The van der Waals surface area contributed by atoms with Crippen molar-refractivity contribution in [3.8, 4) is 0 Å². The first-order valence-corrected chi connectivity index (χ1v) is 7.77. The Labute approximate surface area is 104 Å². The maximum absolute atomic E-state index is 11.5. The Kier molecular flexibility index (Phi) is 3.27. The van der Waals surface area contributed by atoms with E-state index >= 15 is 0 Å². The van der Waals surface area contributed by atoms with Crippen molar-refractivity contribution in [1.82, 2.24) is 4.31 Å². The van der Waals surface area contributed by atoms with E-state index in [1.165, 1.54) is 11.8 Å². The van der Waals surface area contributed by atoms with Crippen molar-refractivity contribution >= 4 is 10.0 Å². The van der Waals surface area contributed by atoms with Gasteiger partial charge in [0.05, 0.1) is 6.26 Å². The average molecular weight is 253 g/mol. The zero-order chi connectivity index (χ0) is 12.5. The van der Waals surface area contributed by atoms with Crippen LogP contribution in [0.15, 0.2) is 30.3 Å². The van der Waals surface area contributed by atoms with Gasteiger partial charge in [-0.3, -0.25) is 0 Å². The molecule has 0 atom stereocenters. The molecule has 0 N–H and O–H groups in total. The van der Waals surface area contributed by atoms with Gasteiger partial charge in [0, 0.05) is 13.1 Å². The van der Waals surface area contributed by atoms with Gasteiger partial charge in [0.15, 0.2) is 0 Å². The molecule has 94 valence electrons. The summed E-state index contributed by atoms with van der Waals surface area (Å²) in [6, 6.07) is 10.4. The molecule has 0 unspecified atom stereocenters. The molecule has 1 aromatic carbocycles. The Hall–Kier alpha value is -0.870. The van der Waals surface area contributed by atoms with Gasteiger partial charge >= 0.3 is 0 Å². The van der Waals surface area contributed by atoms with Crippen molar-refractivity contribution in [1.29, 1.82) is 0 Å². The fraction of sp³-hybridized carbons (Fsp3) is 0.538. The minimum absolute atomic E-state index is 0.114. The standard InChI is InChI=1S/C13H19NO2S/c1-13(12-6-4-3-5-7-12)8-10-14(11-9-13)17(2,15)16/h3-7H,8-11H2,1-2H3. The molecule has 0 radical (unpaired) electrons. The number of piperidine rings is 1. The molecule has 1 fully saturated rings. The van der Waals surface area contributed by atoms with Gasteiger partial charge in [-0.15, -0.1) is 0 Å². The van der Waals surface area contributed by atoms with E-state index < -0.39 is 10.0 Å². The van der Waals surface area contributed by atoms with E-state index in [0.717, 1.165) is 12.8 Å². The van der Waals surface area contributed by atoms with Crippen LogP contribution in [-0.2, 0) is 15.4 Å². The minimum Gasteiger partial charge on any atom is -0.213 e. The largest absolute Gasteiger partial charge is 0.213 e. The van der Waals surface area contributed by atoms with Crippen LogP contribution < -0.4 is 0 Å². The third-order valence-corrected chi connectivity index (χ3v) is 5.07. The normalized spacial score (nSPS) is 21.3. The summed E-state index contributed by atoms with van der Waals surface area (Å²) in [4.78, 5) is 0. The zero-order valence-corrected chi connectivity index (χ0v) is 11.2. The van der Waals surface area contributed by atoms with Gasteiger partial charge in [0.25, 0.3) is 0 Å². The summed E-state index contributed by atoms with van der Waals surface area (Å²) in [6.07, 6.45) is 3.08. The highest BCUT2D eigenvalue weighted by Crippen LogP contribution is 2.35. The summed E-state index contributed by atoms with van der Waals surface area (Å²) in [5.74, 6) is 0. The van der Waals surface area contributed by atoms with Crippen molar-refractivity contribution in [3.63, 3.8) is 0 Å². The molecule has 0 bridgehead atoms. The molecule has 17 heavy (non-hydrogen) atoms. The van der Waals surface area contributed by atoms with Crippen LogP contribution in [-0.4, -0.2) is 32.1 Å². The summed E-state index contributed by atoms with van der Waals surface area (Å²) in [6.45, 7) is 3.48. The van der Waals surface area contributed by atoms with Gasteiger partial charge in [-0.25, -0.2) is 12.7 Å². The second kappa shape index (κ2) is 4.42. The maximum atomic E-state index is 11.5. The first-order valence-electron chi connectivity index (χ1n) is 5.92. The Balaban J connectivity index is 2.13. The molecule has 0 saturated carbocycles. The SMILES string of the molecule is CC1(c2ccccc2)CCN(S(C)(=O)=O)CC1. The third kappa shape index (κ3) is 2.69. The lowest BCUT2D eigenvalue weighted by Crippen LogP contribution is -2.43. The molecule has 1 heterocycles. The molecule has 4 heteroatoms. The molecule has 0 spiro atoms. The van der Waals surface area contributed by atoms with Crippen LogP contribution in [0.3, 0.4) is 0 Å². The monoisotopic (exact) mass is 253 g/mol. The van der Waals surface area contributed by atoms with E-state index in [2.05, 4.69) is 19.1 Å². The van der Waals surface area contributed by atoms with Crippen LogP contribution in [0.25, 0.3) is 0 Å². The molecule has 0 aromatic heterocycles. The van der Waals surface area contributed by atoms with Crippen molar-refractivity contribution in [3.05, 3.63) is 35.9 Å². The topological polar surface area (TPSA) is 37.4 Å². The van der Waals surface area contributed by atoms with Crippen molar-refractivity contribution in [2.24, 2.45) is 0 Å². The van der Waals surface area contributed by atoms with E-state index in [1.54, 1.807) is 4.31 Å². The first-order chi connectivity index (χ1) is 7.92. The quantitative estimate of drug-likeness (QED) is 0.808. The van der Waals surface area contributed by atoms with E-state index in [0.29, 0.717) is 13.1 Å². The Bertz CT molecular complexity index is 473. The maximum Gasteiger partial charge on any atom is 0.211 e. The predicted octanol–water partition coefficient (Wildman–Crippen LogP) is 2.00. The average Bonchev–Trinajstić information content (AvgIpc) is 2.29. The third-order valence-electron chi connectivity index (χ3n) is 3.77. The number of hydrogen-bond donors (Lipinski definition) is 0. The lowest BCUT2D eigenvalue weighted by atomic mass is 9.75. The number of hydrogen-bond acceptors (Lipinski definition) is 2. The van der Waals surface area contributed by atoms with Gasteiger partial charge in [0.2, 0.25) is 10.0 Å². The van der Waals surface area contributed by atoms with Crippen LogP contribution in [0, 0.1) is 0 Å². The number of nitrogens with zero attached hydrogens (tertiary/aromatic N) is 1. The van der Waals surface area contributed by atoms with E-state index in [9.17, 15) is 8.42 Å². The summed E-state index contributed by atoms with van der Waals surface area (Å²) >= 11 is 0. The zero-order valence-electron chi connectivity index (χ0n) is 10.4. The summed E-state index contributed by atoms with van der Waals surface area (Å²) in [5.41, 5.74) is 1.43. The van der Waals surface area contributed by atoms with Crippen LogP contribution in [0.5, 0.6) is 0 Å². The van der Waals surface area contributed by atoms with Crippen molar-refractivity contribution in [2.45, 2.75) is 25.2 Å². The number of benzene rings is 1. The van der Waals surface area contributed by atoms with Gasteiger partial charge in [-0.05, 0) is 23.8 Å². The van der Waals surface area contributed by atoms with E-state index in [1.807, 2.05) is 18.2 Å². The second-order valence-electron chi connectivity index (χ2n) is 5.09. The van der Waals surface area contributed by atoms with Crippen LogP contribution in [0.1, 0.15) is 25.3 Å². The van der Waals surface area contributed by atoms with Gasteiger partial charge in [0.1, 0.15) is 0 Å². The minimum atomic E-state index is -3.02. The van der Waals surface area contributed by atoms with Gasteiger partial charge in [-0.1, -0.05) is 37.3 Å². The molecule has 2 rings (SSSR count). The summed E-state index contributed by atoms with van der Waals surface area (Å²) < 4.78 is 24.5. The summed E-state index contributed by atoms with van der Waals surface area (Å²) in [7, 11) is -3.02. The molecular formula is C13H19NO2S. The summed E-state index contributed by atoms with van der Waals surface area (Å²) in [5, 5.41) is 0. The molecular weight excluding hydrogens is 234 g/mol. The van der Waals surface area contributed by atoms with Gasteiger partial charge < -0.3 is 0 Å². The molecule has 1 aliphatic rings. The number of rotatable bonds is 2. The predicted molar refractivity (Wildman–Crippen MR) is 69.4 cm³/mol. The van der Waals surface area contributed by atoms with E-state index in [-0.39, 0.29) is 5.41 Å². The highest BCUT2D eigenvalue weighted by atomic mass is 32.2. The molecule has 0 amide bonds. The lowest BCUT2D eigenvalue weighted by Gasteiger charge is -2.38. The molecule has 3 nitrogen and oxygen atoms in total. The Morgan fingerprint density at radius 3 is 2.12 bits per heavy atom. The van der Waals surface area contributed by atoms with Crippen LogP contribution >= 0.6 is 0 Å². The van der Waals surface area contributed by atoms with Crippen LogP contribution in [0.2, 0.25) is 0 Å². The van der Waals surface area contributed by atoms with Crippen LogP contribution in [0.4, 0.5) is 0 Å². The molecule has 1 saturated heterocycles. The fourth-order valence-electron chi connectivity index (χ4n) is 2.44. The first kappa shape index (κ1) is 12.6. The smallest absolute Gasteiger partial charge is 0.211 e. The number of sulfonamides is 1. The van der Waals surface area contributed by atoms with Gasteiger partial charge in [-0.2, -0.15) is 0 Å². The molecule has 0 aliphatic carbocycles. The van der Waals surface area contributed by atoms with E-state index in [4.69, 9.17) is 0 Å². The molecule has 1 aliphatic heterocycles. The van der Waals surface area contributed by atoms with Crippen molar-refractivity contribution < 1.29 is 8.42 Å². The second-order valence-corrected chi connectivity index (χ2v) is 7.07. The lowest BCUT2D eigenvalue weighted by molar-refractivity contribution is 0.250. The Morgan fingerprint density at radius 2 is 1.65 bits per heavy atom. The molecule has 1 aromatic rings. The fourth-order valence-corrected chi connectivity index (χ4v) is 3.29. The Morgan fingerprint density at radius 1 is 1.12 bits per heavy atom. The van der Waals surface area contributed by atoms with Crippen molar-refractivity contribution in [2.75, 3.05) is 19.3 Å². The highest BCUT2D eigenvalue weighted by molar-refractivity contribution is 7.88.